The molecule has 0 aromatic carbocycles. The van der Waals surface area contributed by atoms with Gasteiger partial charge in [0, 0.05) is 6.54 Å². The van der Waals surface area contributed by atoms with Crippen molar-refractivity contribution in [2.24, 2.45) is 0 Å². The van der Waals surface area contributed by atoms with Gasteiger partial charge in [-0.05, 0) is 31.4 Å². The third kappa shape index (κ3) is 13.6. The van der Waals surface area contributed by atoms with Gasteiger partial charge >= 0.3 is 6.09 Å². The van der Waals surface area contributed by atoms with Crippen LogP contribution in [0.3, 0.4) is 0 Å². The number of amides is 1. The zero-order chi connectivity index (χ0) is 20.0. The van der Waals surface area contributed by atoms with Crippen molar-refractivity contribution in [1.82, 2.24) is 5.32 Å². The SMILES string of the molecule is C.CCCCCCCCCCC(OC(=O)NCCCS(=O)(=O)O)c1ccco1. The van der Waals surface area contributed by atoms with Crippen molar-refractivity contribution < 1.29 is 26.9 Å². The summed E-state index contributed by atoms with van der Waals surface area (Å²) in [5, 5.41) is 2.50. The second-order valence-electron chi connectivity index (χ2n) is 6.74. The summed E-state index contributed by atoms with van der Waals surface area (Å²) in [7, 11) is -4.01. The number of ether oxygens (including phenoxy) is 1. The Morgan fingerprint density at radius 3 is 2.36 bits per heavy atom. The summed E-state index contributed by atoms with van der Waals surface area (Å²) >= 11 is 0. The van der Waals surface area contributed by atoms with E-state index in [-0.39, 0.29) is 20.4 Å². The Morgan fingerprint density at radius 2 is 1.79 bits per heavy atom. The molecule has 1 amide bonds. The van der Waals surface area contributed by atoms with Crippen LogP contribution < -0.4 is 5.32 Å². The minimum absolute atomic E-state index is 0. The molecule has 8 heteroatoms. The Morgan fingerprint density at radius 1 is 1.14 bits per heavy atom. The molecule has 0 aliphatic carbocycles. The largest absolute Gasteiger partial charge is 0.465 e. The lowest BCUT2D eigenvalue weighted by molar-refractivity contribution is 0.0778. The molecule has 0 saturated carbocycles. The molecule has 0 radical (unpaired) electrons. The summed E-state index contributed by atoms with van der Waals surface area (Å²) in [5.41, 5.74) is 0. The van der Waals surface area contributed by atoms with Crippen molar-refractivity contribution in [2.45, 2.75) is 84.7 Å². The lowest BCUT2D eigenvalue weighted by Crippen LogP contribution is -2.28. The van der Waals surface area contributed by atoms with Gasteiger partial charge in [0.25, 0.3) is 10.1 Å². The molecule has 0 bridgehead atoms. The van der Waals surface area contributed by atoms with Crippen molar-refractivity contribution in [3.8, 4) is 0 Å². The highest BCUT2D eigenvalue weighted by Crippen LogP contribution is 2.25. The summed E-state index contributed by atoms with van der Waals surface area (Å²) in [6.07, 6.45) is 10.8. The summed E-state index contributed by atoms with van der Waals surface area (Å²) in [4.78, 5) is 11.9. The minimum atomic E-state index is -4.01. The predicted octanol–water partition coefficient (Wildman–Crippen LogP) is 5.49. The van der Waals surface area contributed by atoms with Crippen molar-refractivity contribution in [3.05, 3.63) is 24.2 Å². The molecular formula is C20H37NO6S. The van der Waals surface area contributed by atoms with Gasteiger partial charge in [0.1, 0.15) is 5.76 Å². The standard InChI is InChI=1S/C19H33NO6S.CH4/c1-2-3-4-5-6-7-8-9-12-18(17-13-10-15-25-17)26-19(21)20-14-11-16-27(22,23)24;/h10,13,15,18H,2-9,11-12,14,16H2,1H3,(H,20,21)(H,22,23,24);1H4. The first-order chi connectivity index (χ1) is 12.9. The number of hydrogen-bond donors (Lipinski definition) is 2. The number of hydrogen-bond acceptors (Lipinski definition) is 5. The maximum atomic E-state index is 11.9. The summed E-state index contributed by atoms with van der Waals surface area (Å²) < 4.78 is 40.8. The molecule has 164 valence electrons. The number of nitrogens with one attached hydrogen (secondary N) is 1. The van der Waals surface area contributed by atoms with Gasteiger partial charge in [0.15, 0.2) is 6.10 Å². The first kappa shape index (κ1) is 26.5. The van der Waals surface area contributed by atoms with E-state index < -0.39 is 28.1 Å². The molecule has 1 atom stereocenters. The van der Waals surface area contributed by atoms with Crippen LogP contribution in [0, 0.1) is 0 Å². The zero-order valence-corrected chi connectivity index (χ0v) is 17.0. The molecule has 0 aliphatic heterocycles. The number of unbranched alkanes of at least 4 members (excludes halogenated alkanes) is 7. The fourth-order valence-corrected chi connectivity index (χ4v) is 3.32. The van der Waals surface area contributed by atoms with E-state index in [0.717, 1.165) is 12.8 Å². The molecule has 1 aromatic rings. The lowest BCUT2D eigenvalue weighted by Gasteiger charge is -2.16. The van der Waals surface area contributed by atoms with E-state index >= 15 is 0 Å². The van der Waals surface area contributed by atoms with Gasteiger partial charge in [0.2, 0.25) is 0 Å². The molecule has 1 unspecified atom stereocenters. The number of furan rings is 1. The fraction of sp³-hybridized carbons (Fsp3) is 0.750. The van der Waals surface area contributed by atoms with Crippen LogP contribution in [0.2, 0.25) is 0 Å². The third-order valence-corrected chi connectivity index (χ3v) is 5.08. The van der Waals surface area contributed by atoms with Gasteiger partial charge in [-0.15, -0.1) is 0 Å². The summed E-state index contributed by atoms with van der Waals surface area (Å²) in [6, 6.07) is 3.53. The van der Waals surface area contributed by atoms with Crippen LogP contribution in [0.1, 0.15) is 90.4 Å². The van der Waals surface area contributed by atoms with Crippen molar-refractivity contribution in [2.75, 3.05) is 12.3 Å². The van der Waals surface area contributed by atoms with E-state index in [0.29, 0.717) is 12.2 Å². The summed E-state index contributed by atoms with van der Waals surface area (Å²) in [6.45, 7) is 2.32. The molecule has 1 aromatic heterocycles. The quantitative estimate of drug-likeness (QED) is 0.287. The first-order valence-corrected chi connectivity index (χ1v) is 11.5. The van der Waals surface area contributed by atoms with Crippen LogP contribution in [0.5, 0.6) is 0 Å². The van der Waals surface area contributed by atoms with Crippen LogP contribution in [0.15, 0.2) is 22.8 Å². The number of alkyl carbamates (subject to hydrolysis) is 1. The number of carbonyl (C=O) groups excluding carboxylic acids is 1. The van der Waals surface area contributed by atoms with Crippen molar-refractivity contribution in [1.29, 1.82) is 0 Å². The van der Waals surface area contributed by atoms with E-state index in [1.807, 2.05) is 0 Å². The molecular weight excluding hydrogens is 382 g/mol. The first-order valence-electron chi connectivity index (χ1n) is 9.85. The van der Waals surface area contributed by atoms with Gasteiger partial charge in [-0.1, -0.05) is 59.3 Å². The van der Waals surface area contributed by atoms with E-state index in [1.54, 1.807) is 18.4 Å². The van der Waals surface area contributed by atoms with Crippen LogP contribution in [0.4, 0.5) is 4.79 Å². The highest BCUT2D eigenvalue weighted by molar-refractivity contribution is 7.85. The molecule has 28 heavy (non-hydrogen) atoms. The topological polar surface area (TPSA) is 106 Å². The number of rotatable bonds is 15. The molecule has 1 rings (SSSR count). The van der Waals surface area contributed by atoms with Gasteiger partial charge in [-0.3, -0.25) is 4.55 Å². The minimum Gasteiger partial charge on any atom is -0.465 e. The van der Waals surface area contributed by atoms with Gasteiger partial charge in [0.05, 0.1) is 12.0 Å². The van der Waals surface area contributed by atoms with E-state index in [2.05, 4.69) is 12.2 Å². The molecule has 0 fully saturated rings. The van der Waals surface area contributed by atoms with E-state index in [1.165, 1.54) is 38.5 Å². The molecule has 2 N–H and O–H groups in total. The Hall–Kier alpha value is -1.54. The Labute approximate surface area is 170 Å². The molecule has 7 nitrogen and oxygen atoms in total. The third-order valence-electron chi connectivity index (χ3n) is 4.28. The van der Waals surface area contributed by atoms with Crippen LogP contribution >= 0.6 is 0 Å². The second kappa shape index (κ2) is 15.4. The average molecular weight is 420 g/mol. The second-order valence-corrected chi connectivity index (χ2v) is 8.31. The fourth-order valence-electron chi connectivity index (χ4n) is 2.81. The van der Waals surface area contributed by atoms with Crippen LogP contribution in [0.25, 0.3) is 0 Å². The Kier molecular flexibility index (Phi) is 14.5. The average Bonchev–Trinajstić information content (AvgIpc) is 3.14. The highest BCUT2D eigenvalue weighted by atomic mass is 32.2. The van der Waals surface area contributed by atoms with Crippen LogP contribution in [-0.4, -0.2) is 31.4 Å². The molecule has 0 aliphatic rings. The lowest BCUT2D eigenvalue weighted by atomic mass is 10.0. The maximum Gasteiger partial charge on any atom is 0.407 e. The monoisotopic (exact) mass is 419 g/mol. The van der Waals surface area contributed by atoms with Gasteiger partial charge in [-0.25, -0.2) is 4.79 Å². The van der Waals surface area contributed by atoms with Crippen molar-refractivity contribution >= 4 is 16.2 Å². The normalized spacial score (nSPS) is 12.2. The summed E-state index contributed by atoms with van der Waals surface area (Å²) in [5.74, 6) is 0.207. The van der Waals surface area contributed by atoms with E-state index in [9.17, 15) is 13.2 Å². The Bertz CT molecular complexity index is 600. The zero-order valence-electron chi connectivity index (χ0n) is 16.2. The number of carbonyl (C=O) groups is 1. The molecule has 1 heterocycles. The van der Waals surface area contributed by atoms with Gasteiger partial charge < -0.3 is 14.5 Å². The van der Waals surface area contributed by atoms with E-state index in [4.69, 9.17) is 13.7 Å². The molecule has 0 spiro atoms. The Balaban J connectivity index is 0.00000729. The van der Waals surface area contributed by atoms with Gasteiger partial charge in [-0.2, -0.15) is 8.42 Å². The smallest absolute Gasteiger partial charge is 0.407 e. The predicted molar refractivity (Wildman–Crippen MR) is 111 cm³/mol. The highest BCUT2D eigenvalue weighted by Gasteiger charge is 2.19. The maximum absolute atomic E-state index is 11.9. The van der Waals surface area contributed by atoms with Crippen LogP contribution in [-0.2, 0) is 14.9 Å². The molecule has 0 saturated heterocycles. The van der Waals surface area contributed by atoms with Crippen molar-refractivity contribution in [3.63, 3.8) is 0 Å².